The maximum absolute atomic E-state index is 11.3. The van der Waals surface area contributed by atoms with Crippen LogP contribution in [0.15, 0.2) is 36.7 Å². The number of benzene rings is 1. The van der Waals surface area contributed by atoms with E-state index in [9.17, 15) is 4.79 Å². The molecular formula is C14H16N2O3. The zero-order valence-electron chi connectivity index (χ0n) is 10.7. The molecule has 0 unspecified atom stereocenters. The first-order valence-corrected chi connectivity index (χ1v) is 6.02. The average molecular weight is 260 g/mol. The van der Waals surface area contributed by atoms with E-state index in [1.165, 1.54) is 7.11 Å². The Labute approximate surface area is 111 Å². The van der Waals surface area contributed by atoms with Crippen molar-refractivity contribution in [1.29, 1.82) is 0 Å². The van der Waals surface area contributed by atoms with E-state index in [2.05, 4.69) is 9.84 Å². The van der Waals surface area contributed by atoms with Gasteiger partial charge in [-0.25, -0.2) is 4.79 Å². The summed E-state index contributed by atoms with van der Waals surface area (Å²) in [6, 6.07) is 7.22. The summed E-state index contributed by atoms with van der Waals surface area (Å²) in [5.41, 5.74) is 2.59. The topological polar surface area (TPSA) is 64.3 Å². The molecular weight excluding hydrogens is 244 g/mol. The van der Waals surface area contributed by atoms with Crippen LogP contribution in [0.5, 0.6) is 0 Å². The molecule has 0 aliphatic rings. The van der Waals surface area contributed by atoms with Crippen molar-refractivity contribution in [2.45, 2.75) is 13.0 Å². The van der Waals surface area contributed by atoms with E-state index in [0.717, 1.165) is 11.1 Å². The van der Waals surface area contributed by atoms with Gasteiger partial charge in [0.15, 0.2) is 0 Å². The van der Waals surface area contributed by atoms with Crippen molar-refractivity contribution in [3.8, 4) is 0 Å². The van der Waals surface area contributed by atoms with E-state index in [1.807, 2.05) is 18.3 Å². The van der Waals surface area contributed by atoms with Crippen LogP contribution in [0.25, 0.3) is 0 Å². The van der Waals surface area contributed by atoms with Gasteiger partial charge in [-0.15, -0.1) is 0 Å². The molecule has 5 heteroatoms. The number of aliphatic hydroxyl groups is 1. The maximum atomic E-state index is 11.3. The Morgan fingerprint density at radius 3 is 2.68 bits per heavy atom. The number of nitrogens with zero attached hydrogens (tertiary/aromatic N) is 2. The van der Waals surface area contributed by atoms with Gasteiger partial charge < -0.3 is 9.84 Å². The van der Waals surface area contributed by atoms with Crippen LogP contribution in [0.2, 0.25) is 0 Å². The molecule has 0 radical (unpaired) electrons. The normalized spacial score (nSPS) is 10.4. The molecule has 1 N–H and O–H groups in total. The van der Waals surface area contributed by atoms with Crippen molar-refractivity contribution in [2.24, 2.45) is 0 Å². The lowest BCUT2D eigenvalue weighted by molar-refractivity contribution is 0.0600. The van der Waals surface area contributed by atoms with Crippen LogP contribution in [0.4, 0.5) is 0 Å². The SMILES string of the molecule is COC(=O)c1ccc(Cn2cc(CCO)cn2)cc1. The van der Waals surface area contributed by atoms with E-state index >= 15 is 0 Å². The van der Waals surface area contributed by atoms with E-state index in [1.54, 1.807) is 23.0 Å². The minimum atomic E-state index is -0.337. The smallest absolute Gasteiger partial charge is 0.337 e. The molecule has 2 rings (SSSR count). The van der Waals surface area contributed by atoms with Crippen molar-refractivity contribution < 1.29 is 14.6 Å². The lowest BCUT2D eigenvalue weighted by Gasteiger charge is -2.03. The highest BCUT2D eigenvalue weighted by molar-refractivity contribution is 5.89. The molecule has 0 saturated carbocycles. The number of carbonyl (C=O) groups excluding carboxylic acids is 1. The summed E-state index contributed by atoms with van der Waals surface area (Å²) in [4.78, 5) is 11.3. The van der Waals surface area contributed by atoms with Gasteiger partial charge in [-0.1, -0.05) is 12.1 Å². The third-order valence-electron chi connectivity index (χ3n) is 2.81. The predicted molar refractivity (Wildman–Crippen MR) is 69.9 cm³/mol. The first kappa shape index (κ1) is 13.3. The Balaban J connectivity index is 2.04. The summed E-state index contributed by atoms with van der Waals surface area (Å²) >= 11 is 0. The number of esters is 1. The fraction of sp³-hybridized carbons (Fsp3) is 0.286. The Hall–Kier alpha value is -2.14. The number of hydrogen-bond donors (Lipinski definition) is 1. The van der Waals surface area contributed by atoms with Crippen LogP contribution in [-0.2, 0) is 17.7 Å². The summed E-state index contributed by atoms with van der Waals surface area (Å²) in [6.45, 7) is 0.756. The Kier molecular flexibility index (Phi) is 4.30. The van der Waals surface area contributed by atoms with E-state index in [-0.39, 0.29) is 12.6 Å². The highest BCUT2D eigenvalue weighted by Gasteiger charge is 2.05. The second-order valence-corrected chi connectivity index (χ2v) is 4.21. The van der Waals surface area contributed by atoms with Gasteiger partial charge in [0, 0.05) is 12.8 Å². The van der Waals surface area contributed by atoms with Gasteiger partial charge in [0.2, 0.25) is 0 Å². The highest BCUT2D eigenvalue weighted by Crippen LogP contribution is 2.08. The lowest BCUT2D eigenvalue weighted by atomic mass is 10.1. The second-order valence-electron chi connectivity index (χ2n) is 4.21. The first-order chi connectivity index (χ1) is 9.22. The average Bonchev–Trinajstić information content (AvgIpc) is 2.86. The zero-order valence-corrected chi connectivity index (χ0v) is 10.7. The third kappa shape index (κ3) is 3.42. The number of rotatable bonds is 5. The van der Waals surface area contributed by atoms with E-state index < -0.39 is 0 Å². The first-order valence-electron chi connectivity index (χ1n) is 6.02. The van der Waals surface area contributed by atoms with Gasteiger partial charge in [-0.3, -0.25) is 4.68 Å². The minimum absolute atomic E-state index is 0.125. The molecule has 0 atom stereocenters. The van der Waals surface area contributed by atoms with Gasteiger partial charge in [0.05, 0.1) is 25.4 Å². The molecule has 0 aliphatic carbocycles. The van der Waals surface area contributed by atoms with Gasteiger partial charge >= 0.3 is 5.97 Å². The maximum Gasteiger partial charge on any atom is 0.337 e. The molecule has 0 saturated heterocycles. The van der Waals surface area contributed by atoms with Gasteiger partial charge in [-0.2, -0.15) is 5.10 Å². The number of methoxy groups -OCH3 is 1. The highest BCUT2D eigenvalue weighted by atomic mass is 16.5. The molecule has 1 aromatic heterocycles. The summed E-state index contributed by atoms with van der Waals surface area (Å²) in [5.74, 6) is -0.337. The molecule has 0 aliphatic heterocycles. The molecule has 100 valence electrons. The summed E-state index contributed by atoms with van der Waals surface area (Å²) in [7, 11) is 1.36. The number of ether oxygens (including phenoxy) is 1. The van der Waals surface area contributed by atoms with E-state index in [4.69, 9.17) is 5.11 Å². The Bertz CT molecular complexity index is 546. The Morgan fingerprint density at radius 1 is 1.32 bits per heavy atom. The summed E-state index contributed by atoms with van der Waals surface area (Å²) in [6.07, 6.45) is 4.27. The van der Waals surface area contributed by atoms with Crippen molar-refractivity contribution in [2.75, 3.05) is 13.7 Å². The van der Waals surface area contributed by atoms with Gasteiger partial charge in [0.1, 0.15) is 0 Å². The lowest BCUT2D eigenvalue weighted by Crippen LogP contribution is -2.03. The molecule has 0 amide bonds. The minimum Gasteiger partial charge on any atom is -0.465 e. The monoisotopic (exact) mass is 260 g/mol. The quantitative estimate of drug-likeness (QED) is 0.822. The molecule has 0 fully saturated rings. The van der Waals surface area contributed by atoms with Crippen LogP contribution in [0.1, 0.15) is 21.5 Å². The molecule has 5 nitrogen and oxygen atoms in total. The molecule has 19 heavy (non-hydrogen) atoms. The van der Waals surface area contributed by atoms with Gasteiger partial charge in [-0.05, 0) is 29.7 Å². The molecule has 2 aromatic rings. The standard InChI is InChI=1S/C14H16N2O3/c1-19-14(18)13-4-2-11(3-5-13)9-16-10-12(6-7-17)8-15-16/h2-5,8,10,17H,6-7,9H2,1H3. The number of carbonyl (C=O) groups is 1. The van der Waals surface area contributed by atoms with Gasteiger partial charge in [0.25, 0.3) is 0 Å². The predicted octanol–water partition coefficient (Wildman–Crippen LogP) is 1.25. The van der Waals surface area contributed by atoms with Crippen LogP contribution >= 0.6 is 0 Å². The van der Waals surface area contributed by atoms with Crippen LogP contribution < -0.4 is 0 Å². The van der Waals surface area contributed by atoms with Crippen molar-refractivity contribution >= 4 is 5.97 Å². The molecule has 0 bridgehead atoms. The number of aromatic nitrogens is 2. The summed E-state index contributed by atoms with van der Waals surface area (Å²) < 4.78 is 6.45. The van der Waals surface area contributed by atoms with Crippen molar-refractivity contribution in [3.05, 3.63) is 53.3 Å². The summed E-state index contributed by atoms with van der Waals surface area (Å²) in [5, 5.41) is 13.1. The van der Waals surface area contributed by atoms with Crippen molar-refractivity contribution in [1.82, 2.24) is 9.78 Å². The van der Waals surface area contributed by atoms with E-state index in [0.29, 0.717) is 18.5 Å². The molecule has 1 heterocycles. The van der Waals surface area contributed by atoms with Crippen LogP contribution in [0.3, 0.4) is 0 Å². The number of hydrogen-bond acceptors (Lipinski definition) is 4. The number of aliphatic hydroxyl groups excluding tert-OH is 1. The third-order valence-corrected chi connectivity index (χ3v) is 2.81. The molecule has 1 aromatic carbocycles. The van der Waals surface area contributed by atoms with Crippen LogP contribution in [0, 0.1) is 0 Å². The largest absolute Gasteiger partial charge is 0.465 e. The zero-order chi connectivity index (χ0) is 13.7. The van der Waals surface area contributed by atoms with Crippen molar-refractivity contribution in [3.63, 3.8) is 0 Å². The fourth-order valence-corrected chi connectivity index (χ4v) is 1.80. The van der Waals surface area contributed by atoms with Crippen LogP contribution in [-0.4, -0.2) is 34.6 Å². The second kappa shape index (κ2) is 6.15. The fourth-order valence-electron chi connectivity index (χ4n) is 1.80. The molecule has 0 spiro atoms. The Morgan fingerprint density at radius 2 is 2.05 bits per heavy atom.